The Hall–Kier alpha value is -1.96. The number of halogens is 2. The van der Waals surface area contributed by atoms with Gasteiger partial charge in [0.2, 0.25) is 0 Å². The Bertz CT molecular complexity index is 1700. The van der Waals surface area contributed by atoms with Gasteiger partial charge in [-0.15, -0.1) is 0 Å². The molecule has 0 aliphatic heterocycles. The molecule has 4 aromatic carbocycles. The molecule has 4 aromatic rings. The van der Waals surface area contributed by atoms with Crippen LogP contribution >= 0.6 is 17.0 Å². The van der Waals surface area contributed by atoms with Crippen molar-refractivity contribution in [1.29, 1.82) is 0 Å². The third-order valence-corrected chi connectivity index (χ3v) is 78.2. The molecule has 2 aliphatic rings. The summed E-state index contributed by atoms with van der Waals surface area (Å²) in [4.78, 5) is 0. The van der Waals surface area contributed by atoms with E-state index in [9.17, 15) is 0 Å². The van der Waals surface area contributed by atoms with Gasteiger partial charge in [0, 0.05) is 0 Å². The zero-order valence-corrected chi connectivity index (χ0v) is 29.9. The Kier molecular flexibility index (Phi) is 7.14. The molecule has 4 heteroatoms. The van der Waals surface area contributed by atoms with Crippen molar-refractivity contribution in [2.24, 2.45) is 0 Å². The predicted octanol–water partition coefficient (Wildman–Crippen LogP) is 10.9. The second kappa shape index (κ2) is 10.1. The molecule has 0 nitrogen and oxygen atoms in total. The number of rotatable bonds is 7. The van der Waals surface area contributed by atoms with Gasteiger partial charge in [-0.3, -0.25) is 0 Å². The summed E-state index contributed by atoms with van der Waals surface area (Å²) in [6, 6.07) is 35.6. The fourth-order valence-electron chi connectivity index (χ4n) is 8.22. The van der Waals surface area contributed by atoms with Crippen LogP contribution in [-0.2, 0) is 14.1 Å². The molecule has 0 spiro atoms. The molecule has 2 aliphatic carbocycles. The number of allylic oxidation sites excluding steroid dienone is 2. The molecular weight excluding hydrogens is 635 g/mol. The van der Waals surface area contributed by atoms with Crippen LogP contribution in [0.1, 0.15) is 68.2 Å². The van der Waals surface area contributed by atoms with Gasteiger partial charge in [-0.25, -0.2) is 0 Å². The standard InChI is InChI=1S/C20H21.C9H7.C6H5.C2H7Si.2ClH.Zr/c1-4-15(3)16-8-10-17(11-9-16)19-7-5-6-18-12-14(2)13-20(18)19;1-2-5-9-7-3-6-8(9)4-1;1-2-4-6-5-3-1;1-3-2;;;/h5-13,15H,4H2,1-3H3;1-7H;1-5H;3H,1-2H3;2*1H;/q;;;;;;+2/p-2. The summed E-state index contributed by atoms with van der Waals surface area (Å²) in [5.41, 5.74) is 10.3. The van der Waals surface area contributed by atoms with E-state index in [1.54, 1.807) is 0 Å². The van der Waals surface area contributed by atoms with Crippen molar-refractivity contribution in [2.45, 2.75) is 53.5 Å². The van der Waals surface area contributed by atoms with Crippen molar-refractivity contribution in [3.05, 3.63) is 137 Å². The van der Waals surface area contributed by atoms with Crippen molar-refractivity contribution in [3.8, 4) is 11.1 Å². The van der Waals surface area contributed by atoms with E-state index in [1.807, 2.05) is 0 Å². The average Bonchev–Trinajstić information content (AvgIpc) is 3.59. The zero-order chi connectivity index (χ0) is 29.1. The van der Waals surface area contributed by atoms with E-state index in [0.29, 0.717) is 5.92 Å². The molecule has 3 unspecified atom stereocenters. The Morgan fingerprint density at radius 2 is 1.46 bits per heavy atom. The molecule has 41 heavy (non-hydrogen) atoms. The quantitative estimate of drug-likeness (QED) is 0.171. The number of hydrogen-bond acceptors (Lipinski definition) is 0. The second-order valence-corrected chi connectivity index (χ2v) is 63.9. The van der Waals surface area contributed by atoms with Crippen LogP contribution in [0.15, 0.2) is 109 Å². The third-order valence-electron chi connectivity index (χ3n) is 10.8. The summed E-state index contributed by atoms with van der Waals surface area (Å²) < 4.78 is 1.16. The fraction of sp³-hybridized carbons (Fsp3) is 0.243. The molecule has 210 valence electrons. The monoisotopic (exact) mass is 672 g/mol. The van der Waals surface area contributed by atoms with Gasteiger partial charge in [0.15, 0.2) is 0 Å². The van der Waals surface area contributed by atoms with Crippen molar-refractivity contribution < 1.29 is 14.1 Å². The van der Waals surface area contributed by atoms with Crippen molar-refractivity contribution in [3.63, 3.8) is 0 Å². The zero-order valence-electron chi connectivity index (χ0n) is 24.7. The van der Waals surface area contributed by atoms with Gasteiger partial charge in [-0.2, -0.15) is 0 Å². The minimum atomic E-state index is -5.66. The number of benzene rings is 4. The summed E-state index contributed by atoms with van der Waals surface area (Å²) >= 11 is -5.66. The molecule has 0 saturated heterocycles. The van der Waals surface area contributed by atoms with Crippen LogP contribution < -0.4 is 3.27 Å². The summed E-state index contributed by atoms with van der Waals surface area (Å²) in [7, 11) is 17.8. The minimum absolute atomic E-state index is 0.0115. The van der Waals surface area contributed by atoms with E-state index in [0.717, 1.165) is 6.42 Å². The maximum atomic E-state index is 8.88. The molecule has 6 rings (SSSR count). The first-order valence-electron chi connectivity index (χ1n) is 15.1. The Morgan fingerprint density at radius 3 is 2.15 bits per heavy atom. The van der Waals surface area contributed by atoms with Crippen LogP contribution in [0, 0.1) is 0 Å². The third kappa shape index (κ3) is 3.94. The first-order chi connectivity index (χ1) is 19.6. The summed E-state index contributed by atoms with van der Waals surface area (Å²) in [5, 5.41) is 0. The topological polar surface area (TPSA) is 0 Å². The SMILES string of the molecule is CCC(C)c1ccc(-c2cccc3c2C=C(C)[CH]3[Zr]([Cl])([Cl])([c]2ccccc2)([CH]2C=Cc3ccccc32)[SiH](C)C)cc1. The van der Waals surface area contributed by atoms with E-state index < -0.39 is 20.0 Å². The molecule has 0 amide bonds. The van der Waals surface area contributed by atoms with Crippen LogP contribution in [0.25, 0.3) is 23.3 Å². The van der Waals surface area contributed by atoms with Crippen LogP contribution in [0.4, 0.5) is 0 Å². The first-order valence-corrected chi connectivity index (χ1v) is 32.6. The van der Waals surface area contributed by atoms with Gasteiger partial charge in [-0.05, 0) is 0 Å². The number of hydrogen-bond donors (Lipinski definition) is 0. The van der Waals surface area contributed by atoms with Crippen molar-refractivity contribution in [1.82, 2.24) is 0 Å². The van der Waals surface area contributed by atoms with Crippen LogP contribution in [0.5, 0.6) is 0 Å². The molecule has 0 saturated carbocycles. The fourth-order valence-corrected chi connectivity index (χ4v) is 52.4. The van der Waals surface area contributed by atoms with Gasteiger partial charge in [-0.1, -0.05) is 0 Å². The van der Waals surface area contributed by atoms with Gasteiger partial charge >= 0.3 is 254 Å². The molecule has 0 fully saturated rings. The van der Waals surface area contributed by atoms with E-state index >= 15 is 0 Å². The maximum absolute atomic E-state index is 8.88. The van der Waals surface area contributed by atoms with E-state index in [4.69, 9.17) is 17.0 Å². The molecule has 0 bridgehead atoms. The molecule has 0 heterocycles. The number of fused-ring (bicyclic) bond motifs is 2. The second-order valence-electron chi connectivity index (χ2n) is 12.9. The molecule has 0 aromatic heterocycles. The molecule has 3 atom stereocenters. The Labute approximate surface area is 251 Å². The van der Waals surface area contributed by atoms with Gasteiger partial charge < -0.3 is 0 Å². The average molecular weight is 675 g/mol. The van der Waals surface area contributed by atoms with Crippen LogP contribution in [-0.4, -0.2) is 5.92 Å². The van der Waals surface area contributed by atoms with E-state index in [1.165, 1.54) is 47.8 Å². The van der Waals surface area contributed by atoms with E-state index in [2.05, 4.69) is 149 Å². The molecular formula is C37H40Cl2SiZr. The predicted molar refractivity (Wildman–Crippen MR) is 182 cm³/mol. The van der Waals surface area contributed by atoms with Crippen LogP contribution in [0.3, 0.4) is 0 Å². The van der Waals surface area contributed by atoms with Crippen LogP contribution in [0.2, 0.25) is 13.1 Å². The van der Waals surface area contributed by atoms with Crippen molar-refractivity contribution in [2.75, 3.05) is 0 Å². The van der Waals surface area contributed by atoms with Gasteiger partial charge in [0.25, 0.3) is 0 Å². The van der Waals surface area contributed by atoms with Gasteiger partial charge in [0.05, 0.1) is 0 Å². The summed E-state index contributed by atoms with van der Waals surface area (Å²) in [5.74, 6) is -1.25. The first kappa shape index (κ1) is 29.1. The molecule has 0 N–H and O–H groups in total. The molecule has 0 radical (unpaired) electrons. The normalized spacial score (nSPS) is 20.2. The Balaban J connectivity index is 1.64. The van der Waals surface area contributed by atoms with E-state index in [-0.39, 0.29) is 7.25 Å². The summed E-state index contributed by atoms with van der Waals surface area (Å²) in [6.07, 6.45) is 8.18. The Morgan fingerprint density at radius 1 is 0.805 bits per heavy atom. The summed E-state index contributed by atoms with van der Waals surface area (Å²) in [6.45, 7) is 11.7. The van der Waals surface area contributed by atoms with Gasteiger partial charge in [0.1, 0.15) is 0 Å². The van der Waals surface area contributed by atoms with Crippen molar-refractivity contribution >= 4 is 38.4 Å².